The first-order chi connectivity index (χ1) is 7.89. The molecule has 1 atom stereocenters. The standard InChI is InChI=1S/C14H19BrO2/c1-8-9(2)13-11(10(3)12(8)15)5-6-14(4,7-16)17-13/h16H,5-7H2,1-4H3. The Morgan fingerprint density at radius 2 is 1.88 bits per heavy atom. The lowest BCUT2D eigenvalue weighted by atomic mass is 9.88. The molecule has 0 fully saturated rings. The Morgan fingerprint density at radius 3 is 2.47 bits per heavy atom. The summed E-state index contributed by atoms with van der Waals surface area (Å²) in [7, 11) is 0. The fourth-order valence-corrected chi connectivity index (χ4v) is 2.92. The van der Waals surface area contributed by atoms with Crippen molar-refractivity contribution in [2.75, 3.05) is 6.61 Å². The summed E-state index contributed by atoms with van der Waals surface area (Å²) in [5, 5.41) is 9.43. The van der Waals surface area contributed by atoms with Crippen molar-refractivity contribution in [2.45, 2.75) is 46.1 Å². The second-order valence-electron chi connectivity index (χ2n) is 5.21. The minimum Gasteiger partial charge on any atom is -0.485 e. The third-order valence-electron chi connectivity index (χ3n) is 3.88. The molecule has 2 rings (SSSR count). The molecule has 1 aromatic rings. The number of rotatable bonds is 1. The summed E-state index contributed by atoms with van der Waals surface area (Å²) in [6.45, 7) is 8.35. The van der Waals surface area contributed by atoms with Crippen LogP contribution in [0.4, 0.5) is 0 Å². The van der Waals surface area contributed by atoms with Gasteiger partial charge in [0, 0.05) is 4.47 Å². The van der Waals surface area contributed by atoms with E-state index in [0.717, 1.165) is 18.6 Å². The van der Waals surface area contributed by atoms with Gasteiger partial charge in [0.2, 0.25) is 0 Å². The highest BCUT2D eigenvalue weighted by Crippen LogP contribution is 2.42. The zero-order valence-electron chi connectivity index (χ0n) is 10.9. The van der Waals surface area contributed by atoms with Gasteiger partial charge in [0.25, 0.3) is 0 Å². The zero-order chi connectivity index (χ0) is 12.8. The van der Waals surface area contributed by atoms with Gasteiger partial charge in [0.05, 0.1) is 6.61 Å². The molecule has 1 aliphatic rings. The number of aliphatic hydroxyl groups excluding tert-OH is 1. The number of ether oxygens (including phenoxy) is 1. The van der Waals surface area contributed by atoms with Crippen LogP contribution in [0, 0.1) is 20.8 Å². The van der Waals surface area contributed by atoms with Gasteiger partial charge in [-0.3, -0.25) is 0 Å². The summed E-state index contributed by atoms with van der Waals surface area (Å²) < 4.78 is 7.23. The Labute approximate surface area is 111 Å². The Hall–Kier alpha value is -0.540. The number of hydrogen-bond acceptors (Lipinski definition) is 2. The van der Waals surface area contributed by atoms with Crippen molar-refractivity contribution in [2.24, 2.45) is 0 Å². The second kappa shape index (κ2) is 4.29. The molecule has 0 spiro atoms. The number of fused-ring (bicyclic) bond motifs is 1. The van der Waals surface area contributed by atoms with Gasteiger partial charge in [0.1, 0.15) is 11.4 Å². The minimum atomic E-state index is -0.426. The van der Waals surface area contributed by atoms with Crippen LogP contribution in [0.1, 0.15) is 35.6 Å². The first kappa shape index (κ1) is 12.9. The van der Waals surface area contributed by atoms with E-state index in [-0.39, 0.29) is 6.61 Å². The average molecular weight is 299 g/mol. The molecule has 1 aromatic carbocycles. The van der Waals surface area contributed by atoms with Crippen molar-refractivity contribution < 1.29 is 9.84 Å². The first-order valence-corrected chi connectivity index (χ1v) is 6.77. The summed E-state index contributed by atoms with van der Waals surface area (Å²) in [5.41, 5.74) is 4.53. The van der Waals surface area contributed by atoms with Crippen LogP contribution in [0.5, 0.6) is 5.75 Å². The maximum Gasteiger partial charge on any atom is 0.129 e. The molecule has 0 saturated carbocycles. The molecule has 2 nitrogen and oxygen atoms in total. The second-order valence-corrected chi connectivity index (χ2v) is 6.00. The highest BCUT2D eigenvalue weighted by Gasteiger charge is 2.33. The van der Waals surface area contributed by atoms with E-state index >= 15 is 0 Å². The minimum absolute atomic E-state index is 0.0695. The van der Waals surface area contributed by atoms with Crippen molar-refractivity contribution in [3.8, 4) is 5.75 Å². The Kier molecular flexibility index (Phi) is 3.25. The van der Waals surface area contributed by atoms with Crippen LogP contribution in [-0.2, 0) is 6.42 Å². The maximum absolute atomic E-state index is 9.43. The molecular formula is C14H19BrO2. The van der Waals surface area contributed by atoms with Gasteiger partial charge in [0.15, 0.2) is 0 Å². The number of halogens is 1. The van der Waals surface area contributed by atoms with Crippen molar-refractivity contribution in [1.82, 2.24) is 0 Å². The molecule has 1 N–H and O–H groups in total. The number of hydrogen-bond donors (Lipinski definition) is 1. The molecule has 0 bridgehead atoms. The van der Waals surface area contributed by atoms with Gasteiger partial charge < -0.3 is 9.84 Å². The molecule has 0 aliphatic carbocycles. The molecule has 1 unspecified atom stereocenters. The average Bonchev–Trinajstić information content (AvgIpc) is 2.33. The summed E-state index contributed by atoms with van der Waals surface area (Å²) >= 11 is 3.65. The van der Waals surface area contributed by atoms with Crippen LogP contribution < -0.4 is 4.74 Å². The lowest BCUT2D eigenvalue weighted by Gasteiger charge is -2.36. The fraction of sp³-hybridized carbons (Fsp3) is 0.571. The molecule has 1 aliphatic heterocycles. The molecular weight excluding hydrogens is 280 g/mol. The highest BCUT2D eigenvalue weighted by atomic mass is 79.9. The van der Waals surface area contributed by atoms with Crippen molar-refractivity contribution in [3.05, 3.63) is 26.7 Å². The van der Waals surface area contributed by atoms with E-state index in [1.807, 2.05) is 6.92 Å². The summed E-state index contributed by atoms with van der Waals surface area (Å²) in [6.07, 6.45) is 1.84. The lowest BCUT2D eigenvalue weighted by Crippen LogP contribution is -2.40. The van der Waals surface area contributed by atoms with E-state index in [0.29, 0.717) is 0 Å². The van der Waals surface area contributed by atoms with E-state index in [1.54, 1.807) is 0 Å². The third kappa shape index (κ3) is 2.00. The predicted octanol–water partition coefficient (Wildman–Crippen LogP) is 3.45. The zero-order valence-corrected chi connectivity index (χ0v) is 12.4. The molecule has 0 amide bonds. The van der Waals surface area contributed by atoms with Crippen molar-refractivity contribution in [1.29, 1.82) is 0 Å². The van der Waals surface area contributed by atoms with E-state index < -0.39 is 5.60 Å². The largest absolute Gasteiger partial charge is 0.485 e. The van der Waals surface area contributed by atoms with Crippen molar-refractivity contribution in [3.63, 3.8) is 0 Å². The van der Waals surface area contributed by atoms with Gasteiger partial charge in [-0.2, -0.15) is 0 Å². The van der Waals surface area contributed by atoms with Crippen LogP contribution >= 0.6 is 15.9 Å². The van der Waals surface area contributed by atoms with E-state index in [1.165, 1.54) is 26.7 Å². The van der Waals surface area contributed by atoms with Gasteiger partial charge in [-0.15, -0.1) is 0 Å². The smallest absolute Gasteiger partial charge is 0.129 e. The number of aliphatic hydroxyl groups is 1. The van der Waals surface area contributed by atoms with Crippen LogP contribution in [0.3, 0.4) is 0 Å². The van der Waals surface area contributed by atoms with E-state index in [4.69, 9.17) is 4.74 Å². The Morgan fingerprint density at radius 1 is 1.24 bits per heavy atom. The Balaban J connectivity index is 2.59. The van der Waals surface area contributed by atoms with Crippen LogP contribution in [0.2, 0.25) is 0 Å². The van der Waals surface area contributed by atoms with Crippen LogP contribution in [0.15, 0.2) is 4.47 Å². The highest BCUT2D eigenvalue weighted by molar-refractivity contribution is 9.10. The summed E-state index contributed by atoms with van der Waals surface area (Å²) in [5.74, 6) is 0.978. The molecule has 0 saturated heterocycles. The van der Waals surface area contributed by atoms with Gasteiger partial charge in [-0.25, -0.2) is 0 Å². The maximum atomic E-state index is 9.43. The molecule has 3 heteroatoms. The Bertz CT molecular complexity index is 468. The van der Waals surface area contributed by atoms with Gasteiger partial charge in [-0.05, 0) is 62.8 Å². The van der Waals surface area contributed by atoms with Crippen LogP contribution in [-0.4, -0.2) is 17.3 Å². The first-order valence-electron chi connectivity index (χ1n) is 5.97. The van der Waals surface area contributed by atoms with Crippen molar-refractivity contribution >= 4 is 15.9 Å². The van der Waals surface area contributed by atoms with Crippen LogP contribution in [0.25, 0.3) is 0 Å². The molecule has 0 aromatic heterocycles. The number of benzene rings is 1. The monoisotopic (exact) mass is 298 g/mol. The fourth-order valence-electron chi connectivity index (χ4n) is 2.38. The topological polar surface area (TPSA) is 29.5 Å². The summed E-state index contributed by atoms with van der Waals surface area (Å²) in [4.78, 5) is 0. The predicted molar refractivity (Wildman–Crippen MR) is 72.8 cm³/mol. The van der Waals surface area contributed by atoms with E-state index in [2.05, 4.69) is 36.7 Å². The van der Waals surface area contributed by atoms with Gasteiger partial charge >= 0.3 is 0 Å². The molecule has 1 heterocycles. The molecule has 94 valence electrons. The normalized spacial score (nSPS) is 23.2. The summed E-state index contributed by atoms with van der Waals surface area (Å²) in [6, 6.07) is 0. The molecule has 0 radical (unpaired) electrons. The third-order valence-corrected chi connectivity index (χ3v) is 5.06. The lowest BCUT2D eigenvalue weighted by molar-refractivity contribution is 0.00727. The van der Waals surface area contributed by atoms with Gasteiger partial charge in [-0.1, -0.05) is 15.9 Å². The van der Waals surface area contributed by atoms with E-state index in [9.17, 15) is 5.11 Å². The quantitative estimate of drug-likeness (QED) is 0.860. The SMILES string of the molecule is Cc1c(C)c2c(c(C)c1Br)CCC(C)(CO)O2. The molecule has 17 heavy (non-hydrogen) atoms.